The number of furan rings is 1. The molecule has 0 spiro atoms. The zero-order valence-corrected chi connectivity index (χ0v) is 45.1. The predicted octanol–water partition coefficient (Wildman–Crippen LogP) is 15.8. The van der Waals surface area contributed by atoms with Crippen LogP contribution < -0.4 is 4.40 Å². The van der Waals surface area contributed by atoms with Crippen molar-refractivity contribution in [3.05, 3.63) is 210 Å². The third-order valence-electron chi connectivity index (χ3n) is 13.0. The van der Waals surface area contributed by atoms with Crippen LogP contribution in [-0.2, 0) is 26.5 Å². The fraction of sp³-hybridized carbons (Fsp3) is 0.177. The molecule has 0 saturated heterocycles. The first-order valence-corrected chi connectivity index (χ1v) is 31.1. The van der Waals surface area contributed by atoms with E-state index in [0.717, 1.165) is 62.1 Å². The van der Waals surface area contributed by atoms with Crippen LogP contribution in [0.2, 0.25) is 17.3 Å². The van der Waals surface area contributed by atoms with Gasteiger partial charge in [0.15, 0.2) is 0 Å². The molecular weight excluding hydrogens is 1080 g/mol. The first-order valence-electron chi connectivity index (χ1n) is 23.8. The van der Waals surface area contributed by atoms with E-state index in [1.54, 1.807) is 0 Å². The van der Waals surface area contributed by atoms with E-state index in [1.165, 1.54) is 54.2 Å². The summed E-state index contributed by atoms with van der Waals surface area (Å²) in [5, 5.41) is 4.52. The van der Waals surface area contributed by atoms with Crippen molar-refractivity contribution in [1.29, 1.82) is 0 Å². The van der Waals surface area contributed by atoms with Gasteiger partial charge in [0.1, 0.15) is 0 Å². The molecular formula is C62H56GeIrN4O-2. The second kappa shape index (κ2) is 19.9. The van der Waals surface area contributed by atoms with Crippen molar-refractivity contribution in [2.75, 3.05) is 0 Å². The molecule has 0 atom stereocenters. The van der Waals surface area contributed by atoms with E-state index in [9.17, 15) is 0 Å². The summed E-state index contributed by atoms with van der Waals surface area (Å²) >= 11 is -1.96. The molecule has 4 aromatic heterocycles. The van der Waals surface area contributed by atoms with E-state index in [1.807, 2.05) is 37.3 Å². The van der Waals surface area contributed by atoms with Gasteiger partial charge in [-0.2, -0.15) is 0 Å². The number of aromatic nitrogens is 4. The Morgan fingerprint density at radius 3 is 2.07 bits per heavy atom. The van der Waals surface area contributed by atoms with Gasteiger partial charge in [-0.05, 0) is 94.3 Å². The molecule has 0 bridgehead atoms. The fourth-order valence-electron chi connectivity index (χ4n) is 9.49. The van der Waals surface area contributed by atoms with Gasteiger partial charge in [0.2, 0.25) is 5.71 Å². The van der Waals surface area contributed by atoms with Gasteiger partial charge in [-0.25, -0.2) is 4.98 Å². The number of hydrogen-bond acceptors (Lipinski definition) is 4. The average Bonchev–Trinajstić information content (AvgIpc) is 3.92. The van der Waals surface area contributed by atoms with Gasteiger partial charge in [0.25, 0.3) is 0 Å². The number of imidazole rings is 1. The summed E-state index contributed by atoms with van der Waals surface area (Å²) in [5.74, 6) is 8.65. The van der Waals surface area contributed by atoms with E-state index in [-0.39, 0.29) is 31.9 Å². The summed E-state index contributed by atoms with van der Waals surface area (Å²) in [5.41, 5.74) is 16.2. The molecule has 0 N–H and O–H groups in total. The molecule has 0 aliphatic carbocycles. The van der Waals surface area contributed by atoms with Crippen molar-refractivity contribution in [2.24, 2.45) is 0 Å². The number of rotatable bonds is 9. The van der Waals surface area contributed by atoms with Crippen LogP contribution in [-0.4, -0.2) is 32.8 Å². The number of fused-ring (bicyclic) bond motifs is 5. The zero-order chi connectivity index (χ0) is 47.1. The Kier molecular flexibility index (Phi) is 13.7. The van der Waals surface area contributed by atoms with Crippen LogP contribution in [0.15, 0.2) is 174 Å². The smallest absolute Gasteiger partial charge is 0 e. The van der Waals surface area contributed by atoms with Gasteiger partial charge in [-0.3, -0.25) is 4.98 Å². The Balaban J connectivity index is 0.000000209. The summed E-state index contributed by atoms with van der Waals surface area (Å²) in [4.78, 5) is 14.7. The third-order valence-corrected chi connectivity index (χ3v) is 17.3. The minimum Gasteiger partial charge on any atom is 0 e. The van der Waals surface area contributed by atoms with E-state index >= 15 is 0 Å². The van der Waals surface area contributed by atoms with E-state index in [0.29, 0.717) is 5.71 Å². The largest absolute Gasteiger partial charge is 0 e. The van der Waals surface area contributed by atoms with Crippen LogP contribution in [0.4, 0.5) is 0 Å². The number of pyridine rings is 2. The summed E-state index contributed by atoms with van der Waals surface area (Å²) in [6.45, 7) is 11.1. The predicted molar refractivity (Wildman–Crippen MR) is 287 cm³/mol. The summed E-state index contributed by atoms with van der Waals surface area (Å²) in [6.07, 6.45) is 3.09. The molecule has 69 heavy (non-hydrogen) atoms. The van der Waals surface area contributed by atoms with E-state index < -0.39 is 13.3 Å². The van der Waals surface area contributed by atoms with Crippen molar-refractivity contribution in [1.82, 2.24) is 19.5 Å². The van der Waals surface area contributed by atoms with Gasteiger partial charge >= 0.3 is 142 Å². The number of para-hydroxylation sites is 2. The topological polar surface area (TPSA) is 56.7 Å². The molecule has 0 aliphatic heterocycles. The van der Waals surface area contributed by atoms with Crippen molar-refractivity contribution in [2.45, 2.75) is 70.1 Å². The van der Waals surface area contributed by atoms with E-state index in [4.69, 9.17) is 19.4 Å². The van der Waals surface area contributed by atoms with Gasteiger partial charge < -0.3 is 8.98 Å². The average molecular weight is 1140 g/mol. The fourth-order valence-corrected chi connectivity index (χ4v) is 12.8. The second-order valence-electron chi connectivity index (χ2n) is 19.6. The standard InChI is InChI=1S/C41H34N3O.C21H22GeN.Ir/c1-24(2)34-22-30(29-19-18-27-11-6-7-12-28(27)21-29)23-35(25(3)4)38(34)44-37-16-9-8-15-36(37)43-40(44)33-14-10-13-31-32-20-17-26(5)42-41(32)45-39(31)33;1-22(2,3)20-16-23-21(18-12-8-5-9-13-18)15-19(20)14-17-10-6-4-7-11-17;/h6-13,15-25H,1-5H3;4-12,15-16H,14H2,1-3H3;/q2*-1;. The molecule has 11 rings (SSSR count). The van der Waals surface area contributed by atoms with Gasteiger partial charge in [-0.1, -0.05) is 87.2 Å². The maximum Gasteiger partial charge on any atom is 0 e. The number of aryl methyl sites for hydroxylation is 1. The van der Waals surface area contributed by atoms with Crippen molar-refractivity contribution in [3.63, 3.8) is 0 Å². The summed E-state index contributed by atoms with van der Waals surface area (Å²) < 4.78 is 10.3. The molecule has 345 valence electrons. The molecule has 7 aromatic carbocycles. The molecule has 1 radical (unpaired) electrons. The van der Waals surface area contributed by atoms with Crippen molar-refractivity contribution < 1.29 is 24.5 Å². The molecule has 0 amide bonds. The zero-order valence-electron chi connectivity index (χ0n) is 40.6. The Morgan fingerprint density at radius 1 is 0.638 bits per heavy atom. The molecule has 0 saturated carbocycles. The summed E-state index contributed by atoms with van der Waals surface area (Å²) in [7, 11) is 0. The van der Waals surface area contributed by atoms with Crippen LogP contribution in [0.3, 0.4) is 0 Å². The van der Waals surface area contributed by atoms with Gasteiger partial charge in [-0.15, -0.1) is 18.2 Å². The SMILES string of the molecule is Cc1ccc2c(n1)oc1c(-c3nc4ccccc4n3-c3c(C(C)C)cc(-c4ccc5ccccc5c4)cc3C(C)C)[c-]ccc12.[CH3][Ge]([CH3])([CH3])[c]1cnc(-c2[c-]cccc2)cc1Cc1ccccc1.[Ir]. The molecule has 11 aromatic rings. The normalized spacial score (nSPS) is 11.7. The Morgan fingerprint density at radius 2 is 1.35 bits per heavy atom. The molecule has 5 nitrogen and oxygen atoms in total. The van der Waals surface area contributed by atoms with Crippen LogP contribution in [0.5, 0.6) is 0 Å². The maximum absolute atomic E-state index is 6.48. The molecule has 0 aliphatic rings. The molecule has 7 heteroatoms. The van der Waals surface area contributed by atoms with Crippen LogP contribution in [0, 0.1) is 19.1 Å². The Labute approximate surface area is 422 Å². The number of nitrogens with zero attached hydrogens (tertiary/aromatic N) is 4. The summed E-state index contributed by atoms with van der Waals surface area (Å²) in [6, 6.07) is 64.5. The van der Waals surface area contributed by atoms with Crippen LogP contribution >= 0.6 is 0 Å². The van der Waals surface area contributed by atoms with Gasteiger partial charge in [0, 0.05) is 36.9 Å². The van der Waals surface area contributed by atoms with Crippen LogP contribution in [0.1, 0.15) is 67.5 Å². The van der Waals surface area contributed by atoms with E-state index in [2.05, 4.69) is 201 Å². The molecule has 0 unspecified atom stereocenters. The minimum atomic E-state index is -1.96. The number of hydrogen-bond donors (Lipinski definition) is 0. The first-order chi connectivity index (χ1) is 32.9. The Bertz CT molecular complexity index is 3580. The first kappa shape index (κ1) is 47.6. The van der Waals surface area contributed by atoms with Gasteiger partial charge in [0.05, 0.1) is 22.4 Å². The third kappa shape index (κ3) is 9.63. The minimum absolute atomic E-state index is 0. The van der Waals surface area contributed by atoms with Crippen LogP contribution in [0.25, 0.3) is 83.3 Å². The van der Waals surface area contributed by atoms with Crippen molar-refractivity contribution in [3.8, 4) is 39.5 Å². The molecule has 0 fully saturated rings. The Hall–Kier alpha value is -6.44. The number of benzene rings is 7. The molecule has 4 heterocycles. The van der Waals surface area contributed by atoms with Crippen molar-refractivity contribution >= 4 is 61.5 Å². The maximum atomic E-state index is 6.48. The monoisotopic (exact) mass is 1140 g/mol. The second-order valence-corrected chi connectivity index (χ2v) is 30.1. The quantitative estimate of drug-likeness (QED) is 0.107.